The predicted molar refractivity (Wildman–Crippen MR) is 123 cm³/mol. The molecule has 0 spiro atoms. The van der Waals surface area contributed by atoms with Crippen molar-refractivity contribution in [2.45, 2.75) is 6.92 Å². The van der Waals surface area contributed by atoms with Crippen LogP contribution in [-0.4, -0.2) is 18.9 Å². The molecule has 1 heterocycles. The average molecular weight is 444 g/mol. The van der Waals surface area contributed by atoms with Crippen LogP contribution in [-0.2, 0) is 9.59 Å². The van der Waals surface area contributed by atoms with E-state index in [0.717, 1.165) is 10.5 Å². The second-order valence-electron chi connectivity index (χ2n) is 7.19. The van der Waals surface area contributed by atoms with Crippen molar-refractivity contribution in [3.05, 3.63) is 94.1 Å². The van der Waals surface area contributed by atoms with Crippen LogP contribution >= 0.6 is 11.6 Å². The molecular weight excluding hydrogens is 426 g/mol. The van der Waals surface area contributed by atoms with Crippen molar-refractivity contribution >= 4 is 40.4 Å². The summed E-state index contributed by atoms with van der Waals surface area (Å²) >= 11 is 6.23. The Morgan fingerprint density at radius 2 is 1.66 bits per heavy atom. The van der Waals surface area contributed by atoms with E-state index in [0.29, 0.717) is 33.3 Å². The van der Waals surface area contributed by atoms with Gasteiger partial charge in [0.05, 0.1) is 35.0 Å². The van der Waals surface area contributed by atoms with E-state index in [1.807, 2.05) is 25.1 Å². The number of ether oxygens (including phenoxy) is 1. The maximum absolute atomic E-state index is 13.4. The topological polar surface area (TPSA) is 82.4 Å². The van der Waals surface area contributed by atoms with Gasteiger partial charge in [-0.2, -0.15) is 5.26 Å². The molecule has 4 rings (SSSR count). The average Bonchev–Trinajstić information content (AvgIpc) is 3.04. The van der Waals surface area contributed by atoms with Gasteiger partial charge in [-0.3, -0.25) is 9.59 Å². The number of amides is 2. The molecule has 1 aliphatic heterocycles. The van der Waals surface area contributed by atoms with Crippen LogP contribution in [0.4, 0.5) is 11.4 Å². The summed E-state index contributed by atoms with van der Waals surface area (Å²) in [6.07, 6.45) is 0. The summed E-state index contributed by atoms with van der Waals surface area (Å²) in [5.41, 5.74) is 3.41. The third-order valence-electron chi connectivity index (χ3n) is 5.10. The van der Waals surface area contributed by atoms with Crippen LogP contribution in [0.15, 0.2) is 72.4 Å². The molecular formula is C25H18ClN3O3. The van der Waals surface area contributed by atoms with Crippen LogP contribution in [0, 0.1) is 18.3 Å². The Morgan fingerprint density at radius 3 is 2.25 bits per heavy atom. The van der Waals surface area contributed by atoms with Crippen molar-refractivity contribution in [1.29, 1.82) is 5.26 Å². The largest absolute Gasteiger partial charge is 0.495 e. The molecule has 0 fully saturated rings. The van der Waals surface area contributed by atoms with Gasteiger partial charge in [0.25, 0.3) is 11.8 Å². The first-order valence-electron chi connectivity index (χ1n) is 9.73. The molecule has 1 aliphatic rings. The first-order chi connectivity index (χ1) is 15.4. The lowest BCUT2D eigenvalue weighted by Crippen LogP contribution is -2.32. The molecule has 0 unspecified atom stereocenters. The fourth-order valence-electron chi connectivity index (χ4n) is 3.44. The summed E-state index contributed by atoms with van der Waals surface area (Å²) in [5.74, 6) is -0.453. The molecule has 3 aromatic carbocycles. The Morgan fingerprint density at radius 1 is 0.969 bits per heavy atom. The number of aryl methyl sites for hydroxylation is 1. The van der Waals surface area contributed by atoms with Crippen molar-refractivity contribution < 1.29 is 14.3 Å². The van der Waals surface area contributed by atoms with Crippen LogP contribution in [0.1, 0.15) is 16.7 Å². The number of nitrogens with zero attached hydrogens (tertiary/aromatic N) is 2. The maximum Gasteiger partial charge on any atom is 0.282 e. The molecule has 7 heteroatoms. The lowest BCUT2D eigenvalue weighted by atomic mass is 10.0. The third kappa shape index (κ3) is 3.82. The van der Waals surface area contributed by atoms with Crippen molar-refractivity contribution in [2.75, 3.05) is 17.3 Å². The summed E-state index contributed by atoms with van der Waals surface area (Å²) in [6, 6.07) is 20.7. The molecule has 0 bridgehead atoms. The van der Waals surface area contributed by atoms with Gasteiger partial charge in [0.2, 0.25) is 0 Å². The fourth-order valence-corrected chi connectivity index (χ4v) is 3.70. The van der Waals surface area contributed by atoms with E-state index in [4.69, 9.17) is 21.6 Å². The molecule has 3 aromatic rings. The summed E-state index contributed by atoms with van der Waals surface area (Å²) in [6.45, 7) is 1.95. The number of anilines is 2. The number of hydrogen-bond donors (Lipinski definition) is 1. The minimum Gasteiger partial charge on any atom is -0.495 e. The zero-order chi connectivity index (χ0) is 22.8. The van der Waals surface area contributed by atoms with Gasteiger partial charge in [-0.1, -0.05) is 41.4 Å². The zero-order valence-electron chi connectivity index (χ0n) is 17.3. The molecule has 2 amide bonds. The van der Waals surface area contributed by atoms with Crippen LogP contribution in [0.5, 0.6) is 5.75 Å². The van der Waals surface area contributed by atoms with Gasteiger partial charge in [-0.05, 0) is 55.0 Å². The zero-order valence-corrected chi connectivity index (χ0v) is 18.1. The van der Waals surface area contributed by atoms with Crippen LogP contribution in [0.2, 0.25) is 5.02 Å². The molecule has 32 heavy (non-hydrogen) atoms. The normalized spacial score (nSPS) is 13.4. The Balaban J connectivity index is 1.79. The molecule has 1 N–H and O–H groups in total. The van der Waals surface area contributed by atoms with Crippen molar-refractivity contribution in [1.82, 2.24) is 0 Å². The summed E-state index contributed by atoms with van der Waals surface area (Å²) in [4.78, 5) is 27.9. The van der Waals surface area contributed by atoms with E-state index in [1.165, 1.54) is 7.11 Å². The summed E-state index contributed by atoms with van der Waals surface area (Å²) in [7, 11) is 1.51. The highest BCUT2D eigenvalue weighted by atomic mass is 35.5. The van der Waals surface area contributed by atoms with Gasteiger partial charge in [-0.15, -0.1) is 0 Å². The molecule has 0 saturated carbocycles. The van der Waals surface area contributed by atoms with Gasteiger partial charge >= 0.3 is 0 Å². The highest BCUT2D eigenvalue weighted by Gasteiger charge is 2.40. The maximum atomic E-state index is 13.4. The summed E-state index contributed by atoms with van der Waals surface area (Å²) in [5, 5.41) is 12.5. The minimum absolute atomic E-state index is 0.143. The Kier molecular flexibility index (Phi) is 5.67. The van der Waals surface area contributed by atoms with Gasteiger partial charge in [0.1, 0.15) is 11.4 Å². The molecule has 0 aliphatic carbocycles. The number of benzene rings is 3. The molecule has 6 nitrogen and oxygen atoms in total. The molecule has 0 atom stereocenters. The van der Waals surface area contributed by atoms with Gasteiger partial charge in [-0.25, -0.2) is 4.90 Å². The van der Waals surface area contributed by atoms with Crippen LogP contribution < -0.4 is 15.0 Å². The van der Waals surface area contributed by atoms with Crippen LogP contribution in [0.25, 0.3) is 5.57 Å². The number of hydrogen-bond acceptors (Lipinski definition) is 5. The first kappa shape index (κ1) is 21.2. The quantitative estimate of drug-likeness (QED) is 0.565. The predicted octanol–water partition coefficient (Wildman–Crippen LogP) is 4.93. The number of carbonyl (C=O) groups is 2. The number of nitrogens with one attached hydrogen (secondary N) is 1. The number of halogens is 1. The van der Waals surface area contributed by atoms with Gasteiger partial charge < -0.3 is 10.1 Å². The number of nitriles is 1. The number of imide groups is 1. The second-order valence-corrected chi connectivity index (χ2v) is 7.60. The van der Waals surface area contributed by atoms with E-state index < -0.39 is 11.8 Å². The van der Waals surface area contributed by atoms with Gasteiger partial charge in [0.15, 0.2) is 0 Å². The lowest BCUT2D eigenvalue weighted by molar-refractivity contribution is -0.120. The smallest absolute Gasteiger partial charge is 0.282 e. The Labute approximate surface area is 190 Å². The lowest BCUT2D eigenvalue weighted by Gasteiger charge is -2.15. The number of rotatable bonds is 5. The fraction of sp³-hybridized carbons (Fsp3) is 0.0800. The Bertz CT molecular complexity index is 1290. The van der Waals surface area contributed by atoms with E-state index >= 15 is 0 Å². The van der Waals surface area contributed by atoms with E-state index in [1.54, 1.807) is 54.6 Å². The van der Waals surface area contributed by atoms with Crippen molar-refractivity contribution in [3.8, 4) is 11.8 Å². The van der Waals surface area contributed by atoms with E-state index in [2.05, 4.69) is 5.32 Å². The Hall–Kier alpha value is -4.08. The number of carbonyl (C=O) groups excluding carboxylic acids is 2. The molecule has 0 radical (unpaired) electrons. The van der Waals surface area contributed by atoms with Crippen molar-refractivity contribution in [3.63, 3.8) is 0 Å². The number of methoxy groups -OCH3 is 1. The van der Waals surface area contributed by atoms with Gasteiger partial charge in [0, 0.05) is 5.69 Å². The molecule has 0 saturated heterocycles. The second kappa shape index (κ2) is 8.58. The standard InChI is InChI=1S/C25H18ClN3O3/c1-15-3-7-17(8-4-15)22-23(28-18-9-12-21(32-2)20(26)13-18)25(31)29(24(22)30)19-10-5-16(14-27)6-11-19/h3-13,28H,1-2H3. The van der Waals surface area contributed by atoms with E-state index in [-0.39, 0.29) is 11.3 Å². The highest BCUT2D eigenvalue weighted by Crippen LogP contribution is 2.35. The first-order valence-corrected chi connectivity index (χ1v) is 10.1. The molecule has 0 aromatic heterocycles. The summed E-state index contributed by atoms with van der Waals surface area (Å²) < 4.78 is 5.18. The van der Waals surface area contributed by atoms with Crippen molar-refractivity contribution in [2.24, 2.45) is 0 Å². The van der Waals surface area contributed by atoms with E-state index in [9.17, 15) is 9.59 Å². The minimum atomic E-state index is -0.498. The third-order valence-corrected chi connectivity index (χ3v) is 5.40. The van der Waals surface area contributed by atoms with Crippen LogP contribution in [0.3, 0.4) is 0 Å². The SMILES string of the molecule is COc1ccc(NC2=C(c3ccc(C)cc3)C(=O)N(c3ccc(C#N)cc3)C2=O)cc1Cl. The highest BCUT2D eigenvalue weighted by molar-refractivity contribution is 6.46. The monoisotopic (exact) mass is 443 g/mol. The molecule has 158 valence electrons.